The molecule has 0 saturated carbocycles. The molecule has 0 unspecified atom stereocenters. The molecule has 3 rings (SSSR count). The van der Waals surface area contributed by atoms with Crippen molar-refractivity contribution >= 4 is 22.9 Å². The minimum atomic E-state index is 0.701. The van der Waals surface area contributed by atoms with Crippen molar-refractivity contribution in [3.8, 4) is 5.75 Å². The number of H-pyrrole nitrogens is 1. The van der Waals surface area contributed by atoms with Crippen LogP contribution in [-0.2, 0) is 5.75 Å². The summed E-state index contributed by atoms with van der Waals surface area (Å²) in [5.74, 6) is 1.71. The van der Waals surface area contributed by atoms with Crippen molar-refractivity contribution in [1.29, 1.82) is 0 Å². The van der Waals surface area contributed by atoms with Gasteiger partial charge in [-0.1, -0.05) is 23.9 Å². The molecule has 0 fully saturated rings. The van der Waals surface area contributed by atoms with Gasteiger partial charge in [-0.05, 0) is 17.7 Å². The van der Waals surface area contributed by atoms with Gasteiger partial charge < -0.3 is 9.72 Å². The fourth-order valence-corrected chi connectivity index (χ4v) is 2.64. The summed E-state index contributed by atoms with van der Waals surface area (Å²) in [6, 6.07) is 8.03. The molecule has 96 valence electrons. The number of aromatic amines is 1. The van der Waals surface area contributed by atoms with E-state index in [1.54, 1.807) is 31.5 Å². The lowest BCUT2D eigenvalue weighted by molar-refractivity contribution is 0.414. The van der Waals surface area contributed by atoms with Gasteiger partial charge in [0.15, 0.2) is 5.65 Å². The second-order valence-electron chi connectivity index (χ2n) is 3.92. The largest absolute Gasteiger partial charge is 0.497 e. The van der Waals surface area contributed by atoms with E-state index in [1.165, 1.54) is 5.56 Å². The summed E-state index contributed by atoms with van der Waals surface area (Å²) in [6.07, 6.45) is 3.18. The predicted octanol–water partition coefficient (Wildman–Crippen LogP) is 2.65. The van der Waals surface area contributed by atoms with Crippen LogP contribution >= 0.6 is 11.8 Å². The van der Waals surface area contributed by atoms with Crippen LogP contribution in [0.5, 0.6) is 5.75 Å². The van der Waals surface area contributed by atoms with Gasteiger partial charge in [0.05, 0.1) is 13.4 Å². The molecule has 0 amide bonds. The zero-order valence-electron chi connectivity index (χ0n) is 10.3. The summed E-state index contributed by atoms with van der Waals surface area (Å²) in [6.45, 7) is 0. The quantitative estimate of drug-likeness (QED) is 0.584. The van der Waals surface area contributed by atoms with Crippen LogP contribution in [0.3, 0.4) is 0 Å². The number of hydrogen-bond donors (Lipinski definition) is 1. The zero-order chi connectivity index (χ0) is 13.1. The maximum Gasteiger partial charge on any atom is 0.181 e. The van der Waals surface area contributed by atoms with Crippen LogP contribution < -0.4 is 4.74 Å². The zero-order valence-corrected chi connectivity index (χ0v) is 11.1. The number of imidazole rings is 1. The van der Waals surface area contributed by atoms with Crippen LogP contribution in [-0.4, -0.2) is 27.0 Å². The van der Waals surface area contributed by atoms with E-state index in [0.29, 0.717) is 5.65 Å². The molecule has 0 aliphatic carbocycles. The van der Waals surface area contributed by atoms with E-state index in [2.05, 4.69) is 32.1 Å². The lowest BCUT2D eigenvalue weighted by atomic mass is 10.2. The van der Waals surface area contributed by atoms with Crippen molar-refractivity contribution in [2.75, 3.05) is 7.11 Å². The van der Waals surface area contributed by atoms with Gasteiger partial charge in [-0.15, -0.1) is 0 Å². The lowest BCUT2D eigenvalue weighted by Crippen LogP contribution is -1.88. The Morgan fingerprint density at radius 1 is 1.16 bits per heavy atom. The molecule has 2 heterocycles. The van der Waals surface area contributed by atoms with Crippen molar-refractivity contribution in [1.82, 2.24) is 19.9 Å². The average molecular weight is 272 g/mol. The Bertz CT molecular complexity index is 680. The molecule has 0 bridgehead atoms. The van der Waals surface area contributed by atoms with E-state index in [4.69, 9.17) is 4.74 Å². The van der Waals surface area contributed by atoms with Crippen LogP contribution in [0.1, 0.15) is 5.56 Å². The molecule has 6 heteroatoms. The molecule has 1 aromatic carbocycles. The van der Waals surface area contributed by atoms with Crippen LogP contribution in [0.2, 0.25) is 0 Å². The van der Waals surface area contributed by atoms with Gasteiger partial charge in [-0.2, -0.15) is 0 Å². The molecular weight excluding hydrogens is 260 g/mol. The Kier molecular flexibility index (Phi) is 3.33. The first-order valence-corrected chi connectivity index (χ1v) is 6.75. The maximum absolute atomic E-state index is 5.14. The summed E-state index contributed by atoms with van der Waals surface area (Å²) in [4.78, 5) is 15.6. The third kappa shape index (κ3) is 2.53. The lowest BCUT2D eigenvalue weighted by Gasteiger charge is -2.03. The van der Waals surface area contributed by atoms with Gasteiger partial charge in [0, 0.05) is 5.75 Å². The number of aromatic nitrogens is 4. The highest BCUT2D eigenvalue weighted by Gasteiger charge is 2.06. The SMILES string of the molecule is COc1ccc(CSc2ncnc3nc[nH]c23)cc1. The number of thioether (sulfide) groups is 1. The molecule has 0 aliphatic rings. The molecule has 19 heavy (non-hydrogen) atoms. The molecule has 0 saturated heterocycles. The first-order valence-electron chi connectivity index (χ1n) is 5.76. The van der Waals surface area contributed by atoms with Gasteiger partial charge in [-0.3, -0.25) is 0 Å². The van der Waals surface area contributed by atoms with Crippen molar-refractivity contribution in [3.63, 3.8) is 0 Å². The highest BCUT2D eigenvalue weighted by molar-refractivity contribution is 7.98. The van der Waals surface area contributed by atoms with E-state index in [0.717, 1.165) is 22.0 Å². The number of hydrogen-bond acceptors (Lipinski definition) is 5. The topological polar surface area (TPSA) is 63.7 Å². The molecule has 0 spiro atoms. The summed E-state index contributed by atoms with van der Waals surface area (Å²) in [5.41, 5.74) is 2.81. The highest BCUT2D eigenvalue weighted by atomic mass is 32.2. The Balaban J connectivity index is 1.76. The molecule has 3 aromatic rings. The number of nitrogens with one attached hydrogen (secondary N) is 1. The van der Waals surface area contributed by atoms with Crippen molar-refractivity contribution in [3.05, 3.63) is 42.5 Å². The molecule has 1 N–H and O–H groups in total. The van der Waals surface area contributed by atoms with Crippen LogP contribution in [0.4, 0.5) is 0 Å². The predicted molar refractivity (Wildman–Crippen MR) is 74.2 cm³/mol. The maximum atomic E-state index is 5.14. The Morgan fingerprint density at radius 3 is 2.79 bits per heavy atom. The second kappa shape index (κ2) is 5.27. The number of ether oxygens (including phenoxy) is 1. The Hall–Kier alpha value is -2.08. The molecular formula is C13H12N4OS. The molecule has 2 aromatic heterocycles. The van der Waals surface area contributed by atoms with Crippen molar-refractivity contribution < 1.29 is 4.74 Å². The van der Waals surface area contributed by atoms with Crippen molar-refractivity contribution in [2.45, 2.75) is 10.8 Å². The van der Waals surface area contributed by atoms with Crippen LogP contribution in [0.15, 0.2) is 41.9 Å². The second-order valence-corrected chi connectivity index (χ2v) is 4.88. The van der Waals surface area contributed by atoms with E-state index in [-0.39, 0.29) is 0 Å². The number of benzene rings is 1. The monoisotopic (exact) mass is 272 g/mol. The summed E-state index contributed by atoms with van der Waals surface area (Å²) in [7, 11) is 1.67. The molecule has 0 atom stereocenters. The van der Waals surface area contributed by atoms with E-state index < -0.39 is 0 Å². The first kappa shape index (κ1) is 12.0. The van der Waals surface area contributed by atoms with E-state index in [1.807, 2.05) is 12.1 Å². The summed E-state index contributed by atoms with van der Waals surface area (Å²) < 4.78 is 5.14. The number of nitrogens with zero attached hydrogens (tertiary/aromatic N) is 3. The Morgan fingerprint density at radius 2 is 2.00 bits per heavy atom. The number of methoxy groups -OCH3 is 1. The molecule has 5 nitrogen and oxygen atoms in total. The van der Waals surface area contributed by atoms with E-state index in [9.17, 15) is 0 Å². The standard InChI is InChI=1S/C13H12N4OS/c1-18-10-4-2-9(3-5-10)6-19-13-11-12(15-7-14-11)16-8-17-13/h2-5,7-8H,6H2,1H3,(H,14,15,16,17). The molecule has 0 radical (unpaired) electrons. The van der Waals surface area contributed by atoms with Gasteiger partial charge in [0.1, 0.15) is 22.6 Å². The average Bonchev–Trinajstić information content (AvgIpc) is 2.94. The Labute approximate surface area is 114 Å². The van der Waals surface area contributed by atoms with Gasteiger partial charge in [0.25, 0.3) is 0 Å². The van der Waals surface area contributed by atoms with Gasteiger partial charge in [0.2, 0.25) is 0 Å². The third-order valence-corrected chi connectivity index (χ3v) is 3.78. The first-order chi connectivity index (χ1) is 9.36. The normalized spacial score (nSPS) is 10.8. The minimum absolute atomic E-state index is 0.701. The van der Waals surface area contributed by atoms with Gasteiger partial charge >= 0.3 is 0 Å². The highest BCUT2D eigenvalue weighted by Crippen LogP contribution is 2.26. The van der Waals surface area contributed by atoms with Gasteiger partial charge in [-0.25, -0.2) is 15.0 Å². The molecule has 0 aliphatic heterocycles. The third-order valence-electron chi connectivity index (χ3n) is 2.72. The summed E-state index contributed by atoms with van der Waals surface area (Å²) >= 11 is 1.66. The van der Waals surface area contributed by atoms with Crippen LogP contribution in [0.25, 0.3) is 11.2 Å². The smallest absolute Gasteiger partial charge is 0.181 e. The van der Waals surface area contributed by atoms with Crippen LogP contribution in [0, 0.1) is 0 Å². The minimum Gasteiger partial charge on any atom is -0.497 e. The summed E-state index contributed by atoms with van der Waals surface area (Å²) in [5, 5.41) is 0.915. The number of rotatable bonds is 4. The fraction of sp³-hybridized carbons (Fsp3) is 0.154. The van der Waals surface area contributed by atoms with Crippen molar-refractivity contribution in [2.24, 2.45) is 0 Å². The van der Waals surface area contributed by atoms with E-state index >= 15 is 0 Å². The fourth-order valence-electron chi connectivity index (χ4n) is 1.73. The number of fused-ring (bicyclic) bond motifs is 1.